The van der Waals surface area contributed by atoms with Crippen molar-refractivity contribution in [2.24, 2.45) is 0 Å². The molecule has 1 aromatic rings. The number of piperazine rings is 1. The van der Waals surface area contributed by atoms with Gasteiger partial charge in [0.1, 0.15) is 0 Å². The first-order chi connectivity index (χ1) is 7.66. The van der Waals surface area contributed by atoms with Gasteiger partial charge in [0.25, 0.3) is 5.91 Å². The first-order valence-corrected chi connectivity index (χ1v) is 5.61. The standard InChI is InChI=1S/C12H17N3O/c1-9-5-11(7-13-6-9)12(16)15-4-3-14-10(2)8-15/h5-7,10,14H,3-4,8H2,1-2H3/t10-/m0/s1. The van der Waals surface area contributed by atoms with E-state index in [-0.39, 0.29) is 5.91 Å². The zero-order valence-electron chi connectivity index (χ0n) is 9.73. The van der Waals surface area contributed by atoms with Crippen LogP contribution in [-0.2, 0) is 0 Å². The third-order valence-corrected chi connectivity index (χ3v) is 2.78. The zero-order valence-corrected chi connectivity index (χ0v) is 9.73. The van der Waals surface area contributed by atoms with E-state index in [2.05, 4.69) is 17.2 Å². The Kier molecular flexibility index (Phi) is 3.19. The van der Waals surface area contributed by atoms with Crippen molar-refractivity contribution in [1.82, 2.24) is 15.2 Å². The number of carbonyl (C=O) groups is 1. The predicted molar refractivity (Wildman–Crippen MR) is 62.3 cm³/mol. The normalized spacial score (nSPS) is 20.9. The molecule has 1 amide bonds. The molecule has 1 fully saturated rings. The summed E-state index contributed by atoms with van der Waals surface area (Å²) in [5.41, 5.74) is 1.71. The fourth-order valence-electron chi connectivity index (χ4n) is 1.97. The highest BCUT2D eigenvalue weighted by Gasteiger charge is 2.21. The molecule has 1 atom stereocenters. The summed E-state index contributed by atoms with van der Waals surface area (Å²) in [6.45, 7) is 6.45. The second-order valence-corrected chi connectivity index (χ2v) is 4.36. The summed E-state index contributed by atoms with van der Waals surface area (Å²) in [5.74, 6) is 0.0875. The largest absolute Gasteiger partial charge is 0.336 e. The van der Waals surface area contributed by atoms with Crippen molar-refractivity contribution < 1.29 is 4.79 Å². The van der Waals surface area contributed by atoms with Crippen molar-refractivity contribution in [2.75, 3.05) is 19.6 Å². The lowest BCUT2D eigenvalue weighted by molar-refractivity contribution is 0.0708. The number of nitrogens with one attached hydrogen (secondary N) is 1. The Balaban J connectivity index is 2.12. The number of rotatable bonds is 1. The van der Waals surface area contributed by atoms with Crippen LogP contribution in [0.1, 0.15) is 22.8 Å². The summed E-state index contributed by atoms with van der Waals surface area (Å²) < 4.78 is 0. The molecule has 4 heteroatoms. The van der Waals surface area contributed by atoms with Gasteiger partial charge in [-0.15, -0.1) is 0 Å². The molecule has 1 saturated heterocycles. The van der Waals surface area contributed by atoms with Crippen LogP contribution in [-0.4, -0.2) is 41.5 Å². The van der Waals surface area contributed by atoms with E-state index in [0.29, 0.717) is 11.6 Å². The second-order valence-electron chi connectivity index (χ2n) is 4.36. The monoisotopic (exact) mass is 219 g/mol. The first-order valence-electron chi connectivity index (χ1n) is 5.61. The molecule has 0 bridgehead atoms. The third kappa shape index (κ3) is 2.39. The average molecular weight is 219 g/mol. The fourth-order valence-corrected chi connectivity index (χ4v) is 1.97. The Labute approximate surface area is 95.7 Å². The molecule has 1 aliphatic heterocycles. The summed E-state index contributed by atoms with van der Waals surface area (Å²) in [6.07, 6.45) is 3.40. The Morgan fingerprint density at radius 1 is 1.56 bits per heavy atom. The SMILES string of the molecule is Cc1cncc(C(=O)N2CCN[C@@H](C)C2)c1. The van der Waals surface area contributed by atoms with Gasteiger partial charge in [-0.2, -0.15) is 0 Å². The highest BCUT2D eigenvalue weighted by atomic mass is 16.2. The molecule has 1 aromatic heterocycles. The lowest BCUT2D eigenvalue weighted by Gasteiger charge is -2.31. The maximum atomic E-state index is 12.2. The van der Waals surface area contributed by atoms with Crippen LogP contribution in [0.15, 0.2) is 18.5 Å². The molecule has 2 rings (SSSR count). The summed E-state index contributed by atoms with van der Waals surface area (Å²) >= 11 is 0. The summed E-state index contributed by atoms with van der Waals surface area (Å²) in [5, 5.41) is 3.32. The Bertz CT molecular complexity index is 392. The number of aryl methyl sites for hydroxylation is 1. The Morgan fingerprint density at radius 2 is 2.38 bits per heavy atom. The molecule has 86 valence electrons. The summed E-state index contributed by atoms with van der Waals surface area (Å²) in [7, 11) is 0. The fraction of sp³-hybridized carbons (Fsp3) is 0.500. The molecule has 16 heavy (non-hydrogen) atoms. The van der Waals surface area contributed by atoms with Gasteiger partial charge in [0.15, 0.2) is 0 Å². The third-order valence-electron chi connectivity index (χ3n) is 2.78. The minimum absolute atomic E-state index is 0.0875. The number of hydrogen-bond donors (Lipinski definition) is 1. The van der Waals surface area contributed by atoms with Gasteiger partial charge in [0, 0.05) is 38.1 Å². The second kappa shape index (κ2) is 4.61. The van der Waals surface area contributed by atoms with Crippen molar-refractivity contribution in [3.8, 4) is 0 Å². The average Bonchev–Trinajstić information content (AvgIpc) is 2.28. The maximum Gasteiger partial charge on any atom is 0.255 e. The number of hydrogen-bond acceptors (Lipinski definition) is 3. The van der Waals surface area contributed by atoms with E-state index < -0.39 is 0 Å². The van der Waals surface area contributed by atoms with Crippen LogP contribution in [0.5, 0.6) is 0 Å². The van der Waals surface area contributed by atoms with Crippen molar-refractivity contribution >= 4 is 5.91 Å². The van der Waals surface area contributed by atoms with E-state index in [9.17, 15) is 4.79 Å². The number of nitrogens with zero attached hydrogens (tertiary/aromatic N) is 2. The molecule has 0 saturated carbocycles. The Hall–Kier alpha value is -1.42. The van der Waals surface area contributed by atoms with Crippen molar-refractivity contribution in [1.29, 1.82) is 0 Å². The topological polar surface area (TPSA) is 45.2 Å². The number of pyridine rings is 1. The molecular weight excluding hydrogens is 202 g/mol. The van der Waals surface area contributed by atoms with E-state index >= 15 is 0 Å². The van der Waals surface area contributed by atoms with E-state index in [0.717, 1.165) is 25.2 Å². The highest BCUT2D eigenvalue weighted by molar-refractivity contribution is 5.94. The summed E-state index contributed by atoms with van der Waals surface area (Å²) in [6, 6.07) is 2.26. The van der Waals surface area contributed by atoms with Gasteiger partial charge in [0.05, 0.1) is 5.56 Å². The van der Waals surface area contributed by atoms with Crippen molar-refractivity contribution in [3.63, 3.8) is 0 Å². The minimum atomic E-state index is 0.0875. The molecule has 0 aliphatic carbocycles. The highest BCUT2D eigenvalue weighted by Crippen LogP contribution is 2.08. The summed E-state index contributed by atoms with van der Waals surface area (Å²) in [4.78, 5) is 18.1. The van der Waals surface area contributed by atoms with Gasteiger partial charge in [-0.05, 0) is 25.5 Å². The van der Waals surface area contributed by atoms with Gasteiger partial charge < -0.3 is 10.2 Å². The van der Waals surface area contributed by atoms with Gasteiger partial charge >= 0.3 is 0 Å². The van der Waals surface area contributed by atoms with Gasteiger partial charge in [-0.1, -0.05) is 0 Å². The molecule has 0 unspecified atom stereocenters. The van der Waals surface area contributed by atoms with Gasteiger partial charge in [0.2, 0.25) is 0 Å². The minimum Gasteiger partial charge on any atom is -0.336 e. The lowest BCUT2D eigenvalue weighted by atomic mass is 10.1. The Morgan fingerprint density at radius 3 is 3.06 bits per heavy atom. The van der Waals surface area contributed by atoms with Crippen LogP contribution in [0.4, 0.5) is 0 Å². The van der Waals surface area contributed by atoms with Crippen LogP contribution in [0.25, 0.3) is 0 Å². The molecule has 2 heterocycles. The van der Waals surface area contributed by atoms with Crippen molar-refractivity contribution in [3.05, 3.63) is 29.6 Å². The first kappa shape index (κ1) is 11.1. The molecular formula is C12H17N3O. The lowest BCUT2D eigenvalue weighted by Crippen LogP contribution is -2.51. The van der Waals surface area contributed by atoms with E-state index in [1.165, 1.54) is 0 Å². The number of aromatic nitrogens is 1. The molecule has 1 aliphatic rings. The van der Waals surface area contributed by atoms with E-state index in [1.807, 2.05) is 17.9 Å². The van der Waals surface area contributed by atoms with E-state index in [4.69, 9.17) is 0 Å². The zero-order chi connectivity index (χ0) is 11.5. The van der Waals surface area contributed by atoms with Crippen LogP contribution in [0.2, 0.25) is 0 Å². The molecule has 0 radical (unpaired) electrons. The smallest absolute Gasteiger partial charge is 0.255 e. The predicted octanol–water partition coefficient (Wildman–Crippen LogP) is 0.824. The van der Waals surface area contributed by atoms with Crippen LogP contribution in [0.3, 0.4) is 0 Å². The maximum absolute atomic E-state index is 12.2. The van der Waals surface area contributed by atoms with Gasteiger partial charge in [-0.25, -0.2) is 0 Å². The quantitative estimate of drug-likeness (QED) is 0.760. The number of amides is 1. The van der Waals surface area contributed by atoms with Crippen LogP contribution in [0, 0.1) is 6.92 Å². The van der Waals surface area contributed by atoms with Gasteiger partial charge in [-0.3, -0.25) is 9.78 Å². The molecule has 0 spiro atoms. The van der Waals surface area contributed by atoms with Crippen molar-refractivity contribution in [2.45, 2.75) is 19.9 Å². The molecule has 4 nitrogen and oxygen atoms in total. The van der Waals surface area contributed by atoms with Crippen LogP contribution >= 0.6 is 0 Å². The number of carbonyl (C=O) groups excluding carboxylic acids is 1. The van der Waals surface area contributed by atoms with Crippen LogP contribution < -0.4 is 5.32 Å². The van der Waals surface area contributed by atoms with E-state index in [1.54, 1.807) is 12.4 Å². The molecule has 0 aromatic carbocycles. The molecule has 1 N–H and O–H groups in total.